The van der Waals surface area contributed by atoms with Crippen molar-refractivity contribution in [1.82, 2.24) is 4.72 Å². The molecule has 2 aromatic rings. The van der Waals surface area contributed by atoms with Crippen LogP contribution in [0.25, 0.3) is 0 Å². The number of nitrogens with zero attached hydrogens (tertiary/aromatic N) is 1. The second-order valence-corrected chi connectivity index (χ2v) is 6.64. The zero-order valence-electron chi connectivity index (χ0n) is 11.8. The lowest BCUT2D eigenvalue weighted by Gasteiger charge is -2.09. The molecule has 0 atom stereocenters. The summed E-state index contributed by atoms with van der Waals surface area (Å²) in [5.74, 6) is -0.560. The van der Waals surface area contributed by atoms with E-state index >= 15 is 0 Å². The van der Waals surface area contributed by atoms with E-state index in [0.717, 1.165) is 0 Å². The summed E-state index contributed by atoms with van der Waals surface area (Å²) in [4.78, 5) is 11.7. The molecule has 6 nitrogen and oxygen atoms in total. The Kier molecular flexibility index (Phi) is 5.34. The SMILES string of the molecule is N#Cc1cccc(NC(=O)CNS(=O)(=O)c2ccccc2Cl)c1. The summed E-state index contributed by atoms with van der Waals surface area (Å²) in [5, 5.41) is 11.4. The largest absolute Gasteiger partial charge is 0.325 e. The van der Waals surface area contributed by atoms with Crippen molar-refractivity contribution in [3.63, 3.8) is 0 Å². The van der Waals surface area contributed by atoms with Gasteiger partial charge in [-0.1, -0.05) is 29.8 Å². The lowest BCUT2D eigenvalue weighted by atomic mass is 10.2. The van der Waals surface area contributed by atoms with Crippen molar-refractivity contribution >= 4 is 33.2 Å². The van der Waals surface area contributed by atoms with E-state index in [1.165, 1.54) is 24.3 Å². The van der Waals surface area contributed by atoms with Crippen LogP contribution in [-0.2, 0) is 14.8 Å². The highest BCUT2D eigenvalue weighted by Gasteiger charge is 2.18. The van der Waals surface area contributed by atoms with Gasteiger partial charge in [0.15, 0.2) is 0 Å². The third-order valence-electron chi connectivity index (χ3n) is 2.82. The highest BCUT2D eigenvalue weighted by atomic mass is 35.5. The number of benzene rings is 2. The fourth-order valence-corrected chi connectivity index (χ4v) is 3.27. The summed E-state index contributed by atoms with van der Waals surface area (Å²) in [5.41, 5.74) is 0.797. The molecule has 2 aromatic carbocycles. The number of amides is 1. The van der Waals surface area contributed by atoms with E-state index in [9.17, 15) is 13.2 Å². The molecule has 2 rings (SSSR count). The van der Waals surface area contributed by atoms with Crippen molar-refractivity contribution in [2.45, 2.75) is 4.90 Å². The molecule has 118 valence electrons. The van der Waals surface area contributed by atoms with Gasteiger partial charge in [0, 0.05) is 5.69 Å². The summed E-state index contributed by atoms with van der Waals surface area (Å²) in [6, 6.07) is 14.2. The third kappa shape index (κ3) is 4.53. The molecule has 0 saturated heterocycles. The van der Waals surface area contributed by atoms with Crippen molar-refractivity contribution in [2.24, 2.45) is 0 Å². The Morgan fingerprint density at radius 2 is 1.91 bits per heavy atom. The van der Waals surface area contributed by atoms with Crippen LogP contribution in [0.1, 0.15) is 5.56 Å². The Balaban J connectivity index is 2.01. The van der Waals surface area contributed by atoms with Crippen LogP contribution in [0, 0.1) is 11.3 Å². The number of halogens is 1. The number of anilines is 1. The molecule has 23 heavy (non-hydrogen) atoms. The van der Waals surface area contributed by atoms with Crippen molar-refractivity contribution in [3.8, 4) is 6.07 Å². The molecule has 0 aliphatic heterocycles. The highest BCUT2D eigenvalue weighted by Crippen LogP contribution is 2.19. The van der Waals surface area contributed by atoms with Crippen LogP contribution in [0.2, 0.25) is 5.02 Å². The van der Waals surface area contributed by atoms with E-state index in [4.69, 9.17) is 16.9 Å². The molecule has 0 heterocycles. The number of carbonyl (C=O) groups excluding carboxylic acids is 1. The second-order valence-electron chi connectivity index (χ2n) is 4.50. The molecule has 0 saturated carbocycles. The van der Waals surface area contributed by atoms with E-state index < -0.39 is 22.5 Å². The Labute approximate surface area is 138 Å². The normalized spacial score (nSPS) is 10.8. The van der Waals surface area contributed by atoms with Gasteiger partial charge in [-0.15, -0.1) is 0 Å². The molecule has 0 aliphatic carbocycles. The van der Waals surface area contributed by atoms with Gasteiger partial charge in [-0.25, -0.2) is 13.1 Å². The minimum Gasteiger partial charge on any atom is -0.325 e. The van der Waals surface area contributed by atoms with Gasteiger partial charge in [0.1, 0.15) is 4.90 Å². The van der Waals surface area contributed by atoms with Crippen molar-refractivity contribution in [3.05, 3.63) is 59.1 Å². The predicted octanol–water partition coefficient (Wildman–Crippen LogP) is 2.13. The van der Waals surface area contributed by atoms with Crippen LogP contribution in [0.3, 0.4) is 0 Å². The fraction of sp³-hybridized carbons (Fsp3) is 0.0667. The fourth-order valence-electron chi connectivity index (χ4n) is 1.77. The van der Waals surface area contributed by atoms with E-state index in [1.807, 2.05) is 6.07 Å². The molecule has 2 N–H and O–H groups in total. The number of hydrogen-bond donors (Lipinski definition) is 2. The third-order valence-corrected chi connectivity index (χ3v) is 4.73. The topological polar surface area (TPSA) is 99.1 Å². The number of nitriles is 1. The van der Waals surface area contributed by atoms with Crippen molar-refractivity contribution < 1.29 is 13.2 Å². The smallest absolute Gasteiger partial charge is 0.242 e. The van der Waals surface area contributed by atoms with Gasteiger partial charge in [-0.2, -0.15) is 5.26 Å². The first-order valence-electron chi connectivity index (χ1n) is 6.46. The van der Waals surface area contributed by atoms with Gasteiger partial charge < -0.3 is 5.32 Å². The average molecular weight is 350 g/mol. The molecule has 0 unspecified atom stereocenters. The van der Waals surface area contributed by atoms with Gasteiger partial charge in [0.2, 0.25) is 15.9 Å². The molecule has 0 fully saturated rings. The molecular weight excluding hydrogens is 338 g/mol. The summed E-state index contributed by atoms with van der Waals surface area (Å²) >= 11 is 5.84. The average Bonchev–Trinajstić information content (AvgIpc) is 2.53. The number of sulfonamides is 1. The molecule has 0 aromatic heterocycles. The minimum atomic E-state index is -3.89. The Morgan fingerprint density at radius 1 is 1.17 bits per heavy atom. The van der Waals surface area contributed by atoms with Crippen molar-refractivity contribution in [2.75, 3.05) is 11.9 Å². The van der Waals surface area contributed by atoms with Crippen LogP contribution in [0.5, 0.6) is 0 Å². The zero-order valence-corrected chi connectivity index (χ0v) is 13.4. The summed E-state index contributed by atoms with van der Waals surface area (Å²) in [6.07, 6.45) is 0. The monoisotopic (exact) mass is 349 g/mol. The maximum absolute atomic E-state index is 12.1. The summed E-state index contributed by atoms with van der Waals surface area (Å²) in [7, 11) is -3.89. The maximum atomic E-state index is 12.1. The lowest BCUT2D eigenvalue weighted by Crippen LogP contribution is -2.33. The Bertz CT molecular complexity index is 876. The quantitative estimate of drug-likeness (QED) is 0.863. The molecule has 1 amide bonds. The molecule has 0 aliphatic rings. The van der Waals surface area contributed by atoms with E-state index in [1.54, 1.807) is 24.3 Å². The van der Waals surface area contributed by atoms with Crippen LogP contribution < -0.4 is 10.0 Å². The maximum Gasteiger partial charge on any atom is 0.242 e. The molecule has 8 heteroatoms. The predicted molar refractivity (Wildman–Crippen MR) is 86.4 cm³/mol. The molecular formula is C15H12ClN3O3S. The second kappa shape index (κ2) is 7.24. The molecule has 0 radical (unpaired) electrons. The molecule has 0 bridgehead atoms. The Hall–Kier alpha value is -2.40. The van der Waals surface area contributed by atoms with Crippen LogP contribution in [-0.4, -0.2) is 20.9 Å². The highest BCUT2D eigenvalue weighted by molar-refractivity contribution is 7.89. The van der Waals surface area contributed by atoms with Gasteiger partial charge in [0.05, 0.1) is 23.2 Å². The number of rotatable bonds is 5. The van der Waals surface area contributed by atoms with Gasteiger partial charge in [0.25, 0.3) is 0 Å². The van der Waals surface area contributed by atoms with E-state index in [2.05, 4.69) is 10.0 Å². The first-order chi connectivity index (χ1) is 10.9. The summed E-state index contributed by atoms with van der Waals surface area (Å²) < 4.78 is 26.4. The van der Waals surface area contributed by atoms with Gasteiger partial charge in [-0.3, -0.25) is 4.79 Å². The summed E-state index contributed by atoms with van der Waals surface area (Å²) in [6.45, 7) is -0.454. The minimum absolute atomic E-state index is 0.0714. The number of hydrogen-bond acceptors (Lipinski definition) is 4. The van der Waals surface area contributed by atoms with Crippen LogP contribution >= 0.6 is 11.6 Å². The van der Waals surface area contributed by atoms with E-state index in [0.29, 0.717) is 11.3 Å². The zero-order chi connectivity index (χ0) is 16.9. The first kappa shape index (κ1) is 17.0. The van der Waals surface area contributed by atoms with Crippen LogP contribution in [0.4, 0.5) is 5.69 Å². The lowest BCUT2D eigenvalue weighted by molar-refractivity contribution is -0.115. The first-order valence-corrected chi connectivity index (χ1v) is 8.33. The van der Waals surface area contributed by atoms with Gasteiger partial charge >= 0.3 is 0 Å². The Morgan fingerprint density at radius 3 is 2.61 bits per heavy atom. The number of nitrogens with one attached hydrogen (secondary N) is 2. The van der Waals surface area contributed by atoms with Crippen LogP contribution in [0.15, 0.2) is 53.4 Å². The molecule has 0 spiro atoms. The standard InChI is InChI=1S/C15H12ClN3O3S/c16-13-6-1-2-7-14(13)23(21,22)18-10-15(20)19-12-5-3-4-11(8-12)9-17/h1-8,18H,10H2,(H,19,20). The van der Waals surface area contributed by atoms with Crippen molar-refractivity contribution in [1.29, 1.82) is 5.26 Å². The van der Waals surface area contributed by atoms with Gasteiger partial charge in [-0.05, 0) is 30.3 Å². The number of carbonyl (C=O) groups is 1. The van der Waals surface area contributed by atoms with E-state index in [-0.39, 0.29) is 9.92 Å².